The minimum absolute atomic E-state index is 0.126. The maximum atomic E-state index is 13.2. The first kappa shape index (κ1) is 21.3. The van der Waals surface area contributed by atoms with E-state index >= 15 is 0 Å². The van der Waals surface area contributed by atoms with Crippen LogP contribution in [0.4, 0.5) is 0 Å². The quantitative estimate of drug-likeness (QED) is 0.212. The highest BCUT2D eigenvalue weighted by Gasteiger charge is 2.46. The van der Waals surface area contributed by atoms with Crippen molar-refractivity contribution in [2.45, 2.75) is 26.4 Å². The number of carbonyl (C=O) groups is 2. The molecule has 3 aromatic carbocycles. The van der Waals surface area contributed by atoms with Crippen molar-refractivity contribution in [1.82, 2.24) is 4.90 Å². The van der Waals surface area contributed by atoms with Crippen LogP contribution >= 0.6 is 22.6 Å². The molecule has 0 spiro atoms. The summed E-state index contributed by atoms with van der Waals surface area (Å²) in [5.41, 5.74) is 4.24. The molecule has 0 radical (unpaired) electrons. The average Bonchev–Trinajstić information content (AvgIpc) is 3.01. The predicted octanol–water partition coefficient (Wildman–Crippen LogP) is 5.53. The van der Waals surface area contributed by atoms with Crippen LogP contribution in [0.25, 0.3) is 5.76 Å². The van der Waals surface area contributed by atoms with Crippen molar-refractivity contribution in [2.24, 2.45) is 0 Å². The first-order valence-corrected chi connectivity index (χ1v) is 11.1. The van der Waals surface area contributed by atoms with E-state index in [0.717, 1.165) is 25.8 Å². The van der Waals surface area contributed by atoms with Crippen LogP contribution in [0.1, 0.15) is 33.9 Å². The maximum Gasteiger partial charge on any atom is 0.295 e. The summed E-state index contributed by atoms with van der Waals surface area (Å²) in [6.07, 6.45) is 0. The predicted molar refractivity (Wildman–Crippen MR) is 129 cm³/mol. The van der Waals surface area contributed by atoms with Gasteiger partial charge in [-0.2, -0.15) is 0 Å². The zero-order valence-electron chi connectivity index (χ0n) is 17.3. The van der Waals surface area contributed by atoms with Gasteiger partial charge in [-0.25, -0.2) is 0 Å². The third-order valence-corrected chi connectivity index (χ3v) is 6.29. The van der Waals surface area contributed by atoms with Crippen LogP contribution in [-0.4, -0.2) is 21.7 Å². The fraction of sp³-hybridized carbons (Fsp3) is 0.154. The second kappa shape index (κ2) is 8.67. The van der Waals surface area contributed by atoms with Gasteiger partial charge in [0.05, 0.1) is 11.6 Å². The van der Waals surface area contributed by atoms with Crippen LogP contribution in [0.3, 0.4) is 0 Å². The number of carbonyl (C=O) groups excluding carboxylic acids is 2. The Bertz CT molecular complexity index is 1180. The van der Waals surface area contributed by atoms with Gasteiger partial charge in [-0.05, 0) is 71.3 Å². The molecule has 0 aromatic heterocycles. The van der Waals surface area contributed by atoms with Crippen molar-refractivity contribution in [3.8, 4) is 0 Å². The van der Waals surface area contributed by atoms with E-state index < -0.39 is 17.7 Å². The molecule has 1 aliphatic rings. The molecule has 4 nitrogen and oxygen atoms in total. The summed E-state index contributed by atoms with van der Waals surface area (Å²) >= 11 is 2.22. The van der Waals surface area contributed by atoms with Gasteiger partial charge in [0.15, 0.2) is 0 Å². The molecule has 1 aliphatic heterocycles. The van der Waals surface area contributed by atoms with Crippen molar-refractivity contribution >= 4 is 40.0 Å². The van der Waals surface area contributed by atoms with E-state index in [1.807, 2.05) is 86.6 Å². The Morgan fingerprint density at radius 2 is 1.65 bits per heavy atom. The summed E-state index contributed by atoms with van der Waals surface area (Å²) in [6.45, 7) is 4.10. The largest absolute Gasteiger partial charge is 0.507 e. The highest BCUT2D eigenvalue weighted by atomic mass is 127. The van der Waals surface area contributed by atoms with E-state index in [-0.39, 0.29) is 17.9 Å². The highest BCUT2D eigenvalue weighted by molar-refractivity contribution is 14.1. The van der Waals surface area contributed by atoms with Crippen LogP contribution in [0, 0.1) is 17.4 Å². The molecule has 1 saturated heterocycles. The molecule has 1 N–H and O–H groups in total. The third-order valence-electron chi connectivity index (χ3n) is 5.57. The minimum Gasteiger partial charge on any atom is -0.507 e. The van der Waals surface area contributed by atoms with Gasteiger partial charge < -0.3 is 10.0 Å². The lowest BCUT2D eigenvalue weighted by Crippen LogP contribution is -2.29. The standard InChI is InChI=1S/C26H22INO3/c1-16-8-9-17(2)21(14-16)24(29)22-23(19-10-12-20(27)13-11-19)28(26(31)25(22)30)15-18-6-4-3-5-7-18/h3-14,23,29H,15H2,1-2H3/b24-22+. The van der Waals surface area contributed by atoms with Gasteiger partial charge in [-0.15, -0.1) is 0 Å². The number of halogens is 1. The number of rotatable bonds is 4. The Morgan fingerprint density at radius 3 is 2.32 bits per heavy atom. The van der Waals surface area contributed by atoms with E-state index in [1.165, 1.54) is 0 Å². The molecule has 156 valence electrons. The lowest BCUT2D eigenvalue weighted by molar-refractivity contribution is -0.140. The first-order chi connectivity index (χ1) is 14.9. The highest BCUT2D eigenvalue weighted by Crippen LogP contribution is 2.40. The Hall–Kier alpha value is -2.93. The van der Waals surface area contributed by atoms with Gasteiger partial charge in [-0.1, -0.05) is 60.2 Å². The van der Waals surface area contributed by atoms with Gasteiger partial charge in [0.2, 0.25) is 0 Å². The number of aliphatic hydroxyl groups excluding tert-OH is 1. The Kier molecular flexibility index (Phi) is 5.96. The lowest BCUT2D eigenvalue weighted by Gasteiger charge is -2.25. The Labute approximate surface area is 195 Å². The van der Waals surface area contributed by atoms with E-state index in [1.54, 1.807) is 4.90 Å². The second-order valence-electron chi connectivity index (χ2n) is 7.78. The van der Waals surface area contributed by atoms with Gasteiger partial charge in [0, 0.05) is 15.7 Å². The van der Waals surface area contributed by atoms with Gasteiger partial charge in [-0.3, -0.25) is 9.59 Å². The summed E-state index contributed by atoms with van der Waals surface area (Å²) in [5, 5.41) is 11.3. The number of amides is 1. The first-order valence-electron chi connectivity index (χ1n) is 10.0. The molecule has 1 fully saturated rings. The fourth-order valence-electron chi connectivity index (χ4n) is 3.95. The number of likely N-dealkylation sites (tertiary alicyclic amines) is 1. The maximum absolute atomic E-state index is 13.2. The Morgan fingerprint density at radius 1 is 0.968 bits per heavy atom. The summed E-state index contributed by atoms with van der Waals surface area (Å²) in [4.78, 5) is 27.8. The van der Waals surface area contributed by atoms with Crippen LogP contribution in [0.2, 0.25) is 0 Å². The molecule has 4 rings (SSSR count). The number of nitrogens with zero attached hydrogens (tertiary/aromatic N) is 1. The monoisotopic (exact) mass is 523 g/mol. The number of hydrogen-bond donors (Lipinski definition) is 1. The number of ketones is 1. The van der Waals surface area contributed by atoms with Crippen molar-refractivity contribution in [3.05, 3.63) is 110 Å². The van der Waals surface area contributed by atoms with E-state index in [4.69, 9.17) is 0 Å². The fourth-order valence-corrected chi connectivity index (χ4v) is 4.31. The zero-order chi connectivity index (χ0) is 22.1. The van der Waals surface area contributed by atoms with E-state index in [9.17, 15) is 14.7 Å². The van der Waals surface area contributed by atoms with Crippen molar-refractivity contribution in [2.75, 3.05) is 0 Å². The summed E-state index contributed by atoms with van der Waals surface area (Å²) < 4.78 is 1.05. The molecule has 0 saturated carbocycles. The summed E-state index contributed by atoms with van der Waals surface area (Å²) in [7, 11) is 0. The smallest absolute Gasteiger partial charge is 0.295 e. The molecular weight excluding hydrogens is 501 g/mol. The van der Waals surface area contributed by atoms with Crippen LogP contribution in [0.15, 0.2) is 78.4 Å². The summed E-state index contributed by atoms with van der Waals surface area (Å²) in [6, 6.07) is 22.3. The molecule has 3 aromatic rings. The normalized spacial score (nSPS) is 17.9. The van der Waals surface area contributed by atoms with E-state index in [2.05, 4.69) is 22.6 Å². The molecule has 1 heterocycles. The lowest BCUT2D eigenvalue weighted by atomic mass is 9.93. The second-order valence-corrected chi connectivity index (χ2v) is 9.03. The molecule has 1 amide bonds. The van der Waals surface area contributed by atoms with Crippen molar-refractivity contribution in [3.63, 3.8) is 0 Å². The van der Waals surface area contributed by atoms with E-state index in [0.29, 0.717) is 5.56 Å². The molecule has 31 heavy (non-hydrogen) atoms. The number of aryl methyl sites for hydroxylation is 2. The summed E-state index contributed by atoms with van der Waals surface area (Å²) in [5.74, 6) is -1.38. The topological polar surface area (TPSA) is 57.6 Å². The molecule has 5 heteroatoms. The van der Waals surface area contributed by atoms with Crippen LogP contribution in [-0.2, 0) is 16.1 Å². The number of aliphatic hydroxyl groups is 1. The SMILES string of the molecule is Cc1ccc(C)c(/C(O)=C2\C(=O)C(=O)N(Cc3ccccc3)C2c2ccc(I)cc2)c1. The molecular formula is C26H22INO3. The molecule has 1 atom stereocenters. The van der Waals surface area contributed by atoms with Crippen LogP contribution < -0.4 is 0 Å². The third kappa shape index (κ3) is 4.14. The average molecular weight is 523 g/mol. The van der Waals surface area contributed by atoms with Crippen molar-refractivity contribution < 1.29 is 14.7 Å². The number of benzene rings is 3. The minimum atomic E-state index is -0.655. The van der Waals surface area contributed by atoms with Gasteiger partial charge in [0.25, 0.3) is 11.7 Å². The molecule has 0 aliphatic carbocycles. The molecule has 0 bridgehead atoms. The number of hydrogen-bond acceptors (Lipinski definition) is 3. The number of Topliss-reactive ketones (excluding diaryl/α,β-unsaturated/α-hetero) is 1. The Balaban J connectivity index is 1.90. The van der Waals surface area contributed by atoms with Gasteiger partial charge >= 0.3 is 0 Å². The van der Waals surface area contributed by atoms with Crippen molar-refractivity contribution in [1.29, 1.82) is 0 Å². The van der Waals surface area contributed by atoms with Crippen LogP contribution in [0.5, 0.6) is 0 Å². The van der Waals surface area contributed by atoms with Gasteiger partial charge in [0.1, 0.15) is 5.76 Å². The zero-order valence-corrected chi connectivity index (χ0v) is 19.5. The molecule has 1 unspecified atom stereocenters.